The second kappa shape index (κ2) is 8.59. The Morgan fingerprint density at radius 2 is 1.95 bits per heavy atom. The molecule has 1 atom stereocenters. The molecule has 1 unspecified atom stereocenters. The number of carbonyl (C=O) groups excluding carboxylic acids is 1. The summed E-state index contributed by atoms with van der Waals surface area (Å²) in [5.74, 6) is 1.01. The first-order valence-electron chi connectivity index (χ1n) is 7.28. The first kappa shape index (κ1) is 16.5. The lowest BCUT2D eigenvalue weighted by Gasteiger charge is -2.20. The first-order valence-corrected chi connectivity index (χ1v) is 7.28. The summed E-state index contributed by atoms with van der Waals surface area (Å²) in [6.07, 6.45) is 1.01. The van der Waals surface area contributed by atoms with Crippen LogP contribution in [0.1, 0.15) is 32.8 Å². The summed E-state index contributed by atoms with van der Waals surface area (Å²) < 4.78 is 5.54. The summed E-state index contributed by atoms with van der Waals surface area (Å²) in [5, 5.41) is 3.24. The van der Waals surface area contributed by atoms with Crippen molar-refractivity contribution in [3.63, 3.8) is 0 Å². The average Bonchev–Trinajstić information content (AvgIpc) is 2.49. The molecule has 4 heteroatoms. The highest BCUT2D eigenvalue weighted by atomic mass is 16.5. The molecule has 1 amide bonds. The number of nitrogens with one attached hydrogen (secondary N) is 1. The lowest BCUT2D eigenvalue weighted by atomic mass is 10.2. The molecule has 4 nitrogen and oxygen atoms in total. The summed E-state index contributed by atoms with van der Waals surface area (Å²) in [6, 6.07) is 7.82. The first-order chi connectivity index (χ1) is 9.58. The van der Waals surface area contributed by atoms with Crippen LogP contribution in [-0.4, -0.2) is 37.0 Å². The fourth-order valence-electron chi connectivity index (χ4n) is 1.77. The smallest absolute Gasteiger partial charge is 0.239 e. The molecule has 0 spiro atoms. The summed E-state index contributed by atoms with van der Waals surface area (Å²) in [4.78, 5) is 13.6. The van der Waals surface area contributed by atoms with E-state index in [0.717, 1.165) is 30.9 Å². The van der Waals surface area contributed by atoms with Gasteiger partial charge in [-0.3, -0.25) is 4.79 Å². The van der Waals surface area contributed by atoms with Crippen LogP contribution in [0.25, 0.3) is 0 Å². The number of amides is 1. The summed E-state index contributed by atoms with van der Waals surface area (Å²) >= 11 is 0. The average molecular weight is 278 g/mol. The van der Waals surface area contributed by atoms with Crippen molar-refractivity contribution in [3.05, 3.63) is 29.8 Å². The number of likely N-dealkylation sites (N-methyl/N-ethyl adjacent to an activating group) is 1. The minimum Gasteiger partial charge on any atom is -0.494 e. The molecule has 1 aromatic carbocycles. The van der Waals surface area contributed by atoms with Gasteiger partial charge in [0.25, 0.3) is 0 Å². The molecule has 1 rings (SSSR count). The van der Waals surface area contributed by atoms with E-state index in [9.17, 15) is 4.79 Å². The van der Waals surface area contributed by atoms with E-state index in [1.54, 1.807) is 4.90 Å². The van der Waals surface area contributed by atoms with Gasteiger partial charge in [0.15, 0.2) is 0 Å². The molecular weight excluding hydrogens is 252 g/mol. The van der Waals surface area contributed by atoms with Crippen LogP contribution >= 0.6 is 0 Å². The van der Waals surface area contributed by atoms with E-state index in [0.29, 0.717) is 6.54 Å². The topological polar surface area (TPSA) is 41.6 Å². The Kier molecular flexibility index (Phi) is 7.09. The van der Waals surface area contributed by atoms with Crippen molar-refractivity contribution < 1.29 is 9.53 Å². The van der Waals surface area contributed by atoms with Crippen LogP contribution in [0.3, 0.4) is 0 Å². The van der Waals surface area contributed by atoms with Crippen molar-refractivity contribution in [1.29, 1.82) is 0 Å². The molecule has 20 heavy (non-hydrogen) atoms. The standard InChI is InChI=1S/C16H26N2O2/c1-5-11-20-15-9-7-14(8-10-15)12-17-13(3)16(19)18(4)6-2/h7-10,13,17H,5-6,11-12H2,1-4H3. The van der Waals surface area contributed by atoms with E-state index in [1.165, 1.54) is 0 Å². The zero-order valence-corrected chi connectivity index (χ0v) is 13.0. The zero-order chi connectivity index (χ0) is 15.0. The molecule has 0 bridgehead atoms. The number of hydrogen-bond donors (Lipinski definition) is 1. The molecule has 1 aromatic rings. The van der Waals surface area contributed by atoms with Gasteiger partial charge in [0.1, 0.15) is 5.75 Å². The van der Waals surface area contributed by atoms with Crippen molar-refractivity contribution in [2.45, 2.75) is 39.8 Å². The third kappa shape index (κ3) is 5.21. The maximum absolute atomic E-state index is 11.9. The van der Waals surface area contributed by atoms with Gasteiger partial charge in [0.2, 0.25) is 5.91 Å². The lowest BCUT2D eigenvalue weighted by molar-refractivity contribution is -0.131. The molecule has 0 aliphatic carbocycles. The number of rotatable bonds is 8. The van der Waals surface area contributed by atoms with Gasteiger partial charge < -0.3 is 15.0 Å². The Hall–Kier alpha value is -1.55. The van der Waals surface area contributed by atoms with E-state index >= 15 is 0 Å². The van der Waals surface area contributed by atoms with Crippen molar-refractivity contribution in [2.75, 3.05) is 20.2 Å². The van der Waals surface area contributed by atoms with E-state index in [-0.39, 0.29) is 11.9 Å². The largest absolute Gasteiger partial charge is 0.494 e. The highest BCUT2D eigenvalue weighted by Gasteiger charge is 2.15. The monoisotopic (exact) mass is 278 g/mol. The van der Waals surface area contributed by atoms with Gasteiger partial charge in [-0.25, -0.2) is 0 Å². The molecule has 112 valence electrons. The van der Waals surface area contributed by atoms with Gasteiger partial charge in [0, 0.05) is 20.1 Å². The highest BCUT2D eigenvalue weighted by molar-refractivity contribution is 5.81. The molecule has 0 fully saturated rings. The van der Waals surface area contributed by atoms with Gasteiger partial charge in [-0.15, -0.1) is 0 Å². The third-order valence-electron chi connectivity index (χ3n) is 3.23. The Labute approximate surface area is 122 Å². The van der Waals surface area contributed by atoms with E-state index in [1.807, 2.05) is 45.2 Å². The normalized spacial score (nSPS) is 12.0. The molecular formula is C16H26N2O2. The Morgan fingerprint density at radius 3 is 2.50 bits per heavy atom. The second-order valence-corrected chi connectivity index (χ2v) is 4.95. The van der Waals surface area contributed by atoms with E-state index in [4.69, 9.17) is 4.74 Å². The van der Waals surface area contributed by atoms with Crippen LogP contribution in [0, 0.1) is 0 Å². The van der Waals surface area contributed by atoms with Crippen LogP contribution in [0.5, 0.6) is 5.75 Å². The molecule has 1 N–H and O–H groups in total. The van der Waals surface area contributed by atoms with Gasteiger partial charge in [-0.05, 0) is 38.0 Å². The second-order valence-electron chi connectivity index (χ2n) is 4.95. The van der Waals surface area contributed by atoms with Crippen LogP contribution in [-0.2, 0) is 11.3 Å². The summed E-state index contributed by atoms with van der Waals surface area (Å²) in [7, 11) is 1.82. The maximum Gasteiger partial charge on any atom is 0.239 e. The Bertz CT molecular complexity index is 403. The fraction of sp³-hybridized carbons (Fsp3) is 0.562. The van der Waals surface area contributed by atoms with E-state index < -0.39 is 0 Å². The summed E-state index contributed by atoms with van der Waals surface area (Å²) in [5.41, 5.74) is 1.15. The molecule has 0 saturated carbocycles. The van der Waals surface area contributed by atoms with E-state index in [2.05, 4.69) is 12.2 Å². The number of benzene rings is 1. The van der Waals surface area contributed by atoms with Crippen molar-refractivity contribution in [2.24, 2.45) is 0 Å². The minimum atomic E-state index is -0.170. The van der Waals surface area contributed by atoms with Gasteiger partial charge in [-0.1, -0.05) is 19.1 Å². The van der Waals surface area contributed by atoms with Crippen molar-refractivity contribution in [3.8, 4) is 5.75 Å². The number of ether oxygens (including phenoxy) is 1. The molecule has 0 aliphatic heterocycles. The lowest BCUT2D eigenvalue weighted by Crippen LogP contribution is -2.42. The van der Waals surface area contributed by atoms with Gasteiger partial charge in [0.05, 0.1) is 12.6 Å². The van der Waals surface area contributed by atoms with Crippen LogP contribution in [0.15, 0.2) is 24.3 Å². The quantitative estimate of drug-likeness (QED) is 0.794. The number of carbonyl (C=O) groups is 1. The summed E-state index contributed by atoms with van der Waals surface area (Å²) in [6.45, 7) is 8.11. The van der Waals surface area contributed by atoms with Crippen molar-refractivity contribution in [1.82, 2.24) is 10.2 Å². The SMILES string of the molecule is CCCOc1ccc(CNC(C)C(=O)N(C)CC)cc1. The zero-order valence-electron chi connectivity index (χ0n) is 13.0. The number of hydrogen-bond acceptors (Lipinski definition) is 3. The molecule has 0 aromatic heterocycles. The maximum atomic E-state index is 11.9. The molecule has 0 heterocycles. The van der Waals surface area contributed by atoms with Crippen LogP contribution in [0.2, 0.25) is 0 Å². The van der Waals surface area contributed by atoms with Gasteiger partial charge in [-0.2, -0.15) is 0 Å². The van der Waals surface area contributed by atoms with Gasteiger partial charge >= 0.3 is 0 Å². The highest BCUT2D eigenvalue weighted by Crippen LogP contribution is 2.12. The van der Waals surface area contributed by atoms with Crippen LogP contribution in [0.4, 0.5) is 0 Å². The molecule has 0 aliphatic rings. The van der Waals surface area contributed by atoms with Crippen LogP contribution < -0.4 is 10.1 Å². The predicted molar refractivity (Wildman–Crippen MR) is 81.8 cm³/mol. The Balaban J connectivity index is 2.43. The minimum absolute atomic E-state index is 0.121. The van der Waals surface area contributed by atoms with Crippen molar-refractivity contribution >= 4 is 5.91 Å². The predicted octanol–water partition coefficient (Wildman–Crippen LogP) is 2.43. The fourth-order valence-corrected chi connectivity index (χ4v) is 1.77. The Morgan fingerprint density at radius 1 is 1.30 bits per heavy atom. The molecule has 0 saturated heterocycles. The number of nitrogens with zero attached hydrogens (tertiary/aromatic N) is 1. The molecule has 0 radical (unpaired) electrons. The third-order valence-corrected chi connectivity index (χ3v) is 3.23.